The van der Waals surface area contributed by atoms with Crippen molar-refractivity contribution in [3.8, 4) is 5.75 Å². The maximum Gasteiger partial charge on any atom is 0.311 e. The zero-order valence-corrected chi connectivity index (χ0v) is 12.1. The van der Waals surface area contributed by atoms with Gasteiger partial charge in [0.15, 0.2) is 0 Å². The van der Waals surface area contributed by atoms with Crippen LogP contribution in [-0.4, -0.2) is 29.9 Å². The molecule has 0 fully saturated rings. The molecule has 0 bridgehead atoms. The minimum absolute atomic E-state index is 0.0448. The van der Waals surface area contributed by atoms with Crippen molar-refractivity contribution in [1.29, 1.82) is 0 Å². The molecule has 0 radical (unpaired) electrons. The Labute approximate surface area is 122 Å². The van der Waals surface area contributed by atoms with Crippen LogP contribution >= 0.6 is 11.6 Å². The van der Waals surface area contributed by atoms with Gasteiger partial charge >= 0.3 is 5.69 Å². The minimum atomic E-state index is -0.586. The molecule has 0 aliphatic heterocycles. The number of nitrogens with zero attached hydrogens (tertiary/aromatic N) is 1. The van der Waals surface area contributed by atoms with Crippen molar-refractivity contribution in [2.45, 2.75) is 25.1 Å². The third kappa shape index (κ3) is 4.09. The number of nitrogens with one attached hydrogen (secondary N) is 1. The first-order chi connectivity index (χ1) is 9.51. The molecule has 1 atom stereocenters. The third-order valence-electron chi connectivity index (χ3n) is 2.73. The zero-order chi connectivity index (χ0) is 15.1. The Hall–Kier alpha value is -1.82. The molecule has 1 aromatic rings. The van der Waals surface area contributed by atoms with E-state index in [1.54, 1.807) is 0 Å². The number of carbonyl (C=O) groups is 1. The molecule has 7 heteroatoms. The van der Waals surface area contributed by atoms with Crippen LogP contribution in [0.4, 0.5) is 5.69 Å². The topological polar surface area (TPSA) is 81.5 Å². The number of alkyl halides is 1. The Morgan fingerprint density at radius 3 is 2.80 bits per heavy atom. The summed E-state index contributed by atoms with van der Waals surface area (Å²) < 4.78 is 4.98. The number of carbonyl (C=O) groups excluding carboxylic acids is 1. The molecular weight excluding hydrogens is 284 g/mol. The van der Waals surface area contributed by atoms with E-state index in [2.05, 4.69) is 5.32 Å². The second-order valence-corrected chi connectivity index (χ2v) is 4.83. The van der Waals surface area contributed by atoms with Gasteiger partial charge < -0.3 is 10.1 Å². The monoisotopic (exact) mass is 300 g/mol. The van der Waals surface area contributed by atoms with Crippen molar-refractivity contribution in [3.05, 3.63) is 33.9 Å². The normalized spacial score (nSPS) is 11.8. The molecule has 1 N–H and O–H groups in total. The average molecular weight is 301 g/mol. The quantitative estimate of drug-likeness (QED) is 0.477. The number of methoxy groups -OCH3 is 1. The van der Waals surface area contributed by atoms with Gasteiger partial charge in [0, 0.05) is 12.6 Å². The van der Waals surface area contributed by atoms with E-state index >= 15 is 0 Å². The lowest BCUT2D eigenvalue weighted by atomic mass is 10.1. The van der Waals surface area contributed by atoms with Crippen molar-refractivity contribution in [1.82, 2.24) is 5.32 Å². The molecule has 0 aliphatic carbocycles. The largest absolute Gasteiger partial charge is 0.490 e. The minimum Gasteiger partial charge on any atom is -0.490 e. The Balaban J connectivity index is 2.87. The summed E-state index contributed by atoms with van der Waals surface area (Å²) in [7, 11) is 1.29. The summed E-state index contributed by atoms with van der Waals surface area (Å²) in [5, 5.41) is 13.4. The average Bonchev–Trinajstić information content (AvgIpc) is 2.44. The van der Waals surface area contributed by atoms with Crippen molar-refractivity contribution in [2.75, 3.05) is 13.7 Å². The molecule has 20 heavy (non-hydrogen) atoms. The highest BCUT2D eigenvalue weighted by molar-refractivity contribution is 6.21. The van der Waals surface area contributed by atoms with Gasteiger partial charge in [0.1, 0.15) is 0 Å². The summed E-state index contributed by atoms with van der Waals surface area (Å²) >= 11 is 6.01. The van der Waals surface area contributed by atoms with Crippen molar-refractivity contribution >= 4 is 23.2 Å². The Kier molecular flexibility index (Phi) is 6.24. The number of halogens is 1. The second kappa shape index (κ2) is 7.69. The van der Waals surface area contributed by atoms with E-state index in [1.165, 1.54) is 25.3 Å². The highest BCUT2D eigenvalue weighted by atomic mass is 35.5. The number of hydrogen-bond donors (Lipinski definition) is 1. The Morgan fingerprint density at radius 2 is 2.25 bits per heavy atom. The summed E-state index contributed by atoms with van der Waals surface area (Å²) in [6.45, 7) is 2.31. The van der Waals surface area contributed by atoms with E-state index in [0.29, 0.717) is 6.54 Å². The van der Waals surface area contributed by atoms with E-state index in [4.69, 9.17) is 16.3 Å². The number of ether oxygens (including phenoxy) is 1. The Bertz CT molecular complexity index is 493. The molecule has 0 aromatic heterocycles. The van der Waals surface area contributed by atoms with Gasteiger partial charge in [-0.2, -0.15) is 0 Å². The highest BCUT2D eigenvalue weighted by Crippen LogP contribution is 2.30. The molecule has 1 unspecified atom stereocenters. The summed E-state index contributed by atoms with van der Waals surface area (Å²) in [6.07, 6.45) is 1.71. The molecule has 6 nitrogen and oxygen atoms in total. The van der Waals surface area contributed by atoms with Crippen molar-refractivity contribution in [2.24, 2.45) is 0 Å². The molecule has 0 aliphatic rings. The summed E-state index contributed by atoms with van der Waals surface area (Å²) in [4.78, 5) is 22.3. The number of benzene rings is 1. The van der Waals surface area contributed by atoms with Gasteiger partial charge in [-0.05, 0) is 12.5 Å². The van der Waals surface area contributed by atoms with Crippen LogP contribution in [0.2, 0.25) is 0 Å². The molecule has 0 saturated heterocycles. The lowest BCUT2D eigenvalue weighted by Gasteiger charge is -2.12. The Morgan fingerprint density at radius 1 is 1.55 bits per heavy atom. The van der Waals surface area contributed by atoms with Crippen LogP contribution in [0.3, 0.4) is 0 Å². The van der Waals surface area contributed by atoms with Gasteiger partial charge in [-0.15, -0.1) is 11.6 Å². The second-order valence-electron chi connectivity index (χ2n) is 4.21. The molecule has 1 amide bonds. The van der Waals surface area contributed by atoms with E-state index < -0.39 is 10.8 Å². The van der Waals surface area contributed by atoms with Crippen LogP contribution < -0.4 is 10.1 Å². The van der Waals surface area contributed by atoms with Crippen LogP contribution in [0.15, 0.2) is 18.2 Å². The SMILES string of the molecule is CCCC(Cl)CNC(=O)c1cccc([N+](=O)[O-])c1OC. The highest BCUT2D eigenvalue weighted by Gasteiger charge is 2.22. The van der Waals surface area contributed by atoms with E-state index in [9.17, 15) is 14.9 Å². The molecule has 1 aromatic carbocycles. The molecule has 1 rings (SSSR count). The van der Waals surface area contributed by atoms with E-state index in [0.717, 1.165) is 12.8 Å². The van der Waals surface area contributed by atoms with Gasteiger partial charge in [0.2, 0.25) is 5.75 Å². The molecule has 110 valence electrons. The van der Waals surface area contributed by atoms with Crippen molar-refractivity contribution < 1.29 is 14.5 Å². The van der Waals surface area contributed by atoms with Crippen LogP contribution in [0, 0.1) is 10.1 Å². The maximum atomic E-state index is 12.0. The number of rotatable bonds is 7. The molecule has 0 spiro atoms. The van der Waals surface area contributed by atoms with Crippen LogP contribution in [0.5, 0.6) is 5.75 Å². The predicted octanol–water partition coefficient (Wildman–Crippen LogP) is 2.74. The number of nitro groups is 1. The molecular formula is C13H17ClN2O4. The standard InChI is InChI=1S/C13H17ClN2O4/c1-3-5-9(14)8-15-13(17)10-6-4-7-11(16(18)19)12(10)20-2/h4,6-7,9H,3,5,8H2,1-2H3,(H,15,17). The fourth-order valence-electron chi connectivity index (χ4n) is 1.78. The summed E-state index contributed by atoms with van der Waals surface area (Å²) in [5.74, 6) is -0.482. The fourth-order valence-corrected chi connectivity index (χ4v) is 2.07. The van der Waals surface area contributed by atoms with Gasteiger partial charge in [0.05, 0.1) is 23.0 Å². The summed E-state index contributed by atoms with van der Waals surface area (Å²) in [6, 6.07) is 4.21. The van der Waals surface area contributed by atoms with Gasteiger partial charge in [-0.1, -0.05) is 19.4 Å². The van der Waals surface area contributed by atoms with Crippen LogP contribution in [0.1, 0.15) is 30.1 Å². The predicted molar refractivity (Wildman–Crippen MR) is 76.5 cm³/mol. The lowest BCUT2D eigenvalue weighted by Crippen LogP contribution is -2.30. The lowest BCUT2D eigenvalue weighted by molar-refractivity contribution is -0.385. The molecule has 0 saturated carbocycles. The number of hydrogen-bond acceptors (Lipinski definition) is 4. The van der Waals surface area contributed by atoms with Crippen molar-refractivity contribution in [3.63, 3.8) is 0 Å². The first-order valence-electron chi connectivity index (χ1n) is 6.24. The first-order valence-corrected chi connectivity index (χ1v) is 6.68. The van der Waals surface area contributed by atoms with E-state index in [1.807, 2.05) is 6.92 Å². The summed E-state index contributed by atoms with van der Waals surface area (Å²) in [5.41, 5.74) is -0.113. The number of nitro benzene ring substituents is 1. The number of para-hydroxylation sites is 1. The fraction of sp³-hybridized carbons (Fsp3) is 0.462. The zero-order valence-electron chi connectivity index (χ0n) is 11.4. The third-order valence-corrected chi connectivity index (χ3v) is 3.10. The van der Waals surface area contributed by atoms with Gasteiger partial charge in [-0.25, -0.2) is 0 Å². The van der Waals surface area contributed by atoms with Gasteiger partial charge in [0.25, 0.3) is 5.91 Å². The van der Waals surface area contributed by atoms with Gasteiger partial charge in [-0.3, -0.25) is 14.9 Å². The molecule has 0 heterocycles. The van der Waals surface area contributed by atoms with E-state index in [-0.39, 0.29) is 22.4 Å². The smallest absolute Gasteiger partial charge is 0.311 e. The van der Waals surface area contributed by atoms with Crippen LogP contribution in [-0.2, 0) is 0 Å². The maximum absolute atomic E-state index is 12.0. The first kappa shape index (κ1) is 16.2. The van der Waals surface area contributed by atoms with Crippen LogP contribution in [0.25, 0.3) is 0 Å². The number of amides is 1.